The third-order valence-corrected chi connectivity index (χ3v) is 2.96. The predicted molar refractivity (Wildman–Crippen MR) is 73.9 cm³/mol. The van der Waals surface area contributed by atoms with E-state index in [0.29, 0.717) is 6.04 Å². The van der Waals surface area contributed by atoms with Gasteiger partial charge in [-0.2, -0.15) is 0 Å². The molecule has 1 aromatic heterocycles. The second-order valence-corrected chi connectivity index (χ2v) is 4.32. The van der Waals surface area contributed by atoms with E-state index in [0.717, 1.165) is 13.0 Å². The van der Waals surface area contributed by atoms with Crippen LogP contribution in [-0.4, -0.2) is 11.5 Å². The van der Waals surface area contributed by atoms with Gasteiger partial charge in [0, 0.05) is 18.4 Å². The second kappa shape index (κ2) is 8.94. The summed E-state index contributed by atoms with van der Waals surface area (Å²) in [5.41, 5.74) is 1.35. The maximum absolute atomic E-state index is 4.07. The molecule has 0 aliphatic carbocycles. The van der Waals surface area contributed by atoms with Gasteiger partial charge in [0.15, 0.2) is 0 Å². The summed E-state index contributed by atoms with van der Waals surface area (Å²) in [6.07, 6.45) is 11.9. The van der Waals surface area contributed by atoms with Crippen LogP contribution in [0.25, 0.3) is 0 Å². The molecule has 0 bridgehead atoms. The van der Waals surface area contributed by atoms with Gasteiger partial charge in [-0.1, -0.05) is 25.8 Å². The molecule has 2 heteroatoms. The van der Waals surface area contributed by atoms with Crippen LogP contribution in [0.15, 0.2) is 37.2 Å². The molecule has 94 valence electrons. The second-order valence-electron chi connectivity index (χ2n) is 4.32. The van der Waals surface area contributed by atoms with Gasteiger partial charge in [-0.05, 0) is 43.5 Å². The molecule has 0 saturated carbocycles. The Labute approximate surface area is 105 Å². The quantitative estimate of drug-likeness (QED) is 0.516. The Morgan fingerprint density at radius 3 is 2.71 bits per heavy atom. The molecule has 0 aliphatic rings. The van der Waals surface area contributed by atoms with E-state index in [1.54, 1.807) is 0 Å². The van der Waals surface area contributed by atoms with Crippen LogP contribution < -0.4 is 5.32 Å². The lowest BCUT2D eigenvalue weighted by Crippen LogP contribution is -2.20. The van der Waals surface area contributed by atoms with Gasteiger partial charge < -0.3 is 5.32 Å². The SMILES string of the molecule is C=CCCCCCC(NCC)c1ccncc1. The largest absolute Gasteiger partial charge is 0.310 e. The molecule has 1 heterocycles. The topological polar surface area (TPSA) is 24.9 Å². The van der Waals surface area contributed by atoms with E-state index in [2.05, 4.69) is 35.9 Å². The van der Waals surface area contributed by atoms with Crippen molar-refractivity contribution >= 4 is 0 Å². The Hall–Kier alpha value is -1.15. The monoisotopic (exact) mass is 232 g/mol. The first kappa shape index (κ1) is 13.9. The molecule has 0 radical (unpaired) electrons. The van der Waals surface area contributed by atoms with E-state index in [1.165, 1.54) is 31.2 Å². The van der Waals surface area contributed by atoms with Gasteiger partial charge in [0.05, 0.1) is 0 Å². The number of allylic oxidation sites excluding steroid dienone is 1. The Bertz CT molecular complexity index is 295. The third kappa shape index (κ3) is 5.64. The summed E-state index contributed by atoms with van der Waals surface area (Å²) in [5.74, 6) is 0. The molecule has 17 heavy (non-hydrogen) atoms. The molecular weight excluding hydrogens is 208 g/mol. The van der Waals surface area contributed by atoms with Crippen molar-refractivity contribution in [3.05, 3.63) is 42.7 Å². The molecule has 0 spiro atoms. The van der Waals surface area contributed by atoms with Crippen LogP contribution in [0.3, 0.4) is 0 Å². The first-order chi connectivity index (χ1) is 8.38. The molecule has 1 unspecified atom stereocenters. The van der Waals surface area contributed by atoms with Gasteiger partial charge in [0.25, 0.3) is 0 Å². The predicted octanol–water partition coefficient (Wildman–Crippen LogP) is 3.87. The van der Waals surface area contributed by atoms with Gasteiger partial charge in [-0.25, -0.2) is 0 Å². The van der Waals surface area contributed by atoms with Gasteiger partial charge in [0.1, 0.15) is 0 Å². The van der Waals surface area contributed by atoms with Crippen molar-refractivity contribution in [3.8, 4) is 0 Å². The summed E-state index contributed by atoms with van der Waals surface area (Å²) in [6.45, 7) is 6.92. The number of aromatic nitrogens is 1. The average Bonchev–Trinajstić information content (AvgIpc) is 2.38. The van der Waals surface area contributed by atoms with Crippen LogP contribution in [0.2, 0.25) is 0 Å². The Balaban J connectivity index is 2.36. The van der Waals surface area contributed by atoms with E-state index in [4.69, 9.17) is 0 Å². The highest BCUT2D eigenvalue weighted by Crippen LogP contribution is 2.19. The number of nitrogens with zero attached hydrogens (tertiary/aromatic N) is 1. The first-order valence-electron chi connectivity index (χ1n) is 6.62. The van der Waals surface area contributed by atoms with Crippen LogP contribution in [0.5, 0.6) is 0 Å². The van der Waals surface area contributed by atoms with Crippen LogP contribution in [0.4, 0.5) is 0 Å². The fourth-order valence-electron chi connectivity index (χ4n) is 2.04. The fraction of sp³-hybridized carbons (Fsp3) is 0.533. The van der Waals surface area contributed by atoms with Crippen molar-refractivity contribution in [2.75, 3.05) is 6.54 Å². The molecule has 0 saturated heterocycles. The van der Waals surface area contributed by atoms with E-state index in [9.17, 15) is 0 Å². The van der Waals surface area contributed by atoms with E-state index < -0.39 is 0 Å². The first-order valence-corrected chi connectivity index (χ1v) is 6.62. The number of hydrogen-bond acceptors (Lipinski definition) is 2. The Morgan fingerprint density at radius 1 is 1.29 bits per heavy atom. The molecule has 0 aliphatic heterocycles. The standard InChI is InChI=1S/C15H24N2/c1-3-5-6-7-8-9-15(17-4-2)14-10-12-16-13-11-14/h3,10-13,15,17H,1,4-9H2,2H3. The maximum Gasteiger partial charge on any atom is 0.0321 e. The molecular formula is C15H24N2. The minimum Gasteiger partial charge on any atom is -0.310 e. The van der Waals surface area contributed by atoms with Gasteiger partial charge >= 0.3 is 0 Å². The van der Waals surface area contributed by atoms with Gasteiger partial charge in [-0.3, -0.25) is 4.98 Å². The minimum absolute atomic E-state index is 0.478. The fourth-order valence-corrected chi connectivity index (χ4v) is 2.04. The third-order valence-electron chi connectivity index (χ3n) is 2.96. The highest BCUT2D eigenvalue weighted by atomic mass is 14.9. The Morgan fingerprint density at radius 2 is 2.06 bits per heavy atom. The van der Waals surface area contributed by atoms with Crippen molar-refractivity contribution in [3.63, 3.8) is 0 Å². The summed E-state index contributed by atoms with van der Waals surface area (Å²) in [7, 11) is 0. The molecule has 2 nitrogen and oxygen atoms in total. The normalized spacial score (nSPS) is 12.3. The zero-order valence-electron chi connectivity index (χ0n) is 10.9. The number of hydrogen-bond donors (Lipinski definition) is 1. The molecule has 0 fully saturated rings. The molecule has 0 amide bonds. The van der Waals surface area contributed by atoms with Crippen molar-refractivity contribution in [1.29, 1.82) is 0 Å². The molecule has 1 rings (SSSR count). The summed E-state index contributed by atoms with van der Waals surface area (Å²) in [4.78, 5) is 4.07. The molecule has 1 aromatic rings. The highest BCUT2D eigenvalue weighted by Gasteiger charge is 2.08. The van der Waals surface area contributed by atoms with Crippen LogP contribution >= 0.6 is 0 Å². The zero-order chi connectivity index (χ0) is 12.3. The molecule has 1 N–H and O–H groups in total. The van der Waals surface area contributed by atoms with Gasteiger partial charge in [0.2, 0.25) is 0 Å². The van der Waals surface area contributed by atoms with Crippen molar-refractivity contribution in [2.24, 2.45) is 0 Å². The molecule has 1 atom stereocenters. The van der Waals surface area contributed by atoms with Crippen LogP contribution in [0, 0.1) is 0 Å². The smallest absolute Gasteiger partial charge is 0.0321 e. The van der Waals surface area contributed by atoms with Gasteiger partial charge in [-0.15, -0.1) is 6.58 Å². The van der Waals surface area contributed by atoms with Crippen molar-refractivity contribution < 1.29 is 0 Å². The lowest BCUT2D eigenvalue weighted by Gasteiger charge is -2.18. The van der Waals surface area contributed by atoms with E-state index in [1.807, 2.05) is 18.5 Å². The Kier molecular flexibility index (Phi) is 7.32. The van der Waals surface area contributed by atoms with E-state index >= 15 is 0 Å². The highest BCUT2D eigenvalue weighted by molar-refractivity contribution is 5.14. The number of pyridine rings is 1. The lowest BCUT2D eigenvalue weighted by molar-refractivity contribution is 0.483. The summed E-state index contributed by atoms with van der Waals surface area (Å²) >= 11 is 0. The van der Waals surface area contributed by atoms with Crippen molar-refractivity contribution in [2.45, 2.75) is 45.1 Å². The van der Waals surface area contributed by atoms with Crippen molar-refractivity contribution in [1.82, 2.24) is 10.3 Å². The summed E-state index contributed by atoms with van der Waals surface area (Å²) < 4.78 is 0. The number of nitrogens with one attached hydrogen (secondary N) is 1. The molecule has 0 aromatic carbocycles. The maximum atomic E-state index is 4.07. The average molecular weight is 232 g/mol. The summed E-state index contributed by atoms with van der Waals surface area (Å²) in [5, 5.41) is 3.54. The summed E-state index contributed by atoms with van der Waals surface area (Å²) in [6, 6.07) is 4.69. The minimum atomic E-state index is 0.478. The number of rotatable bonds is 9. The van der Waals surface area contributed by atoms with Crippen LogP contribution in [-0.2, 0) is 0 Å². The van der Waals surface area contributed by atoms with Crippen LogP contribution in [0.1, 0.15) is 50.6 Å². The number of unbranched alkanes of at least 4 members (excludes halogenated alkanes) is 3. The zero-order valence-corrected chi connectivity index (χ0v) is 10.9. The lowest BCUT2D eigenvalue weighted by atomic mass is 10.0. The van der Waals surface area contributed by atoms with E-state index in [-0.39, 0.29) is 0 Å².